The number of hydrogen-bond acceptors (Lipinski definition) is 6. The number of hydrogen-bond donors (Lipinski definition) is 2. The largest absolute Gasteiger partial charge is 0.507 e. The van der Waals surface area contributed by atoms with Crippen LogP contribution in [0.15, 0.2) is 36.4 Å². The summed E-state index contributed by atoms with van der Waals surface area (Å²) in [4.78, 5) is 2.32. The van der Waals surface area contributed by atoms with Crippen LogP contribution in [0.5, 0.6) is 11.5 Å². The molecule has 4 rings (SSSR count). The van der Waals surface area contributed by atoms with E-state index in [0.29, 0.717) is 22.3 Å². The van der Waals surface area contributed by atoms with E-state index in [0.717, 1.165) is 48.3 Å². The third kappa shape index (κ3) is 3.70. The fourth-order valence-corrected chi connectivity index (χ4v) is 3.92. The van der Waals surface area contributed by atoms with Crippen LogP contribution >= 0.6 is 11.6 Å². The first-order valence-electron chi connectivity index (χ1n) is 9.33. The van der Waals surface area contributed by atoms with E-state index in [-0.39, 0.29) is 5.75 Å². The predicted molar refractivity (Wildman–Crippen MR) is 112 cm³/mol. The molecule has 0 amide bonds. The van der Waals surface area contributed by atoms with Crippen molar-refractivity contribution < 1.29 is 9.84 Å². The minimum absolute atomic E-state index is 0.0699. The number of likely N-dealkylation sites (N-methyl/N-ethyl adjacent to an activating group) is 1. The van der Waals surface area contributed by atoms with Crippen LogP contribution in [0, 0.1) is 0 Å². The number of phenolic OH excluding ortho intramolecular Hbond substituents is 1. The molecule has 0 spiro atoms. The maximum atomic E-state index is 10.4. The standard InChI is InChI=1S/C21H23ClN4O2/c1-26-9-3-4-14(12-26)23-21-16-8-6-15(28-2)11-18(16)20(24-25-21)17-7-5-13(22)10-19(17)27/h5-8,10-11,14,27H,3-4,9,12H2,1-2H3,(H,23,25)/t14-/m1/s1. The molecule has 0 saturated carbocycles. The van der Waals surface area contributed by atoms with E-state index in [4.69, 9.17) is 16.3 Å². The SMILES string of the molecule is COc1ccc2c(N[C@@H]3CCCN(C)C3)nnc(-c3ccc(Cl)cc3O)c2c1. The number of nitrogens with one attached hydrogen (secondary N) is 1. The Labute approximate surface area is 169 Å². The summed E-state index contributed by atoms with van der Waals surface area (Å²) < 4.78 is 5.41. The summed E-state index contributed by atoms with van der Waals surface area (Å²) in [6.45, 7) is 2.09. The summed E-state index contributed by atoms with van der Waals surface area (Å²) >= 11 is 5.99. The zero-order chi connectivity index (χ0) is 19.7. The first-order valence-corrected chi connectivity index (χ1v) is 9.71. The molecular formula is C21H23ClN4O2. The van der Waals surface area contributed by atoms with Crippen LogP contribution in [-0.4, -0.2) is 53.5 Å². The molecule has 2 heterocycles. The van der Waals surface area contributed by atoms with Crippen LogP contribution in [0.1, 0.15) is 12.8 Å². The Morgan fingerprint density at radius 1 is 1.18 bits per heavy atom. The van der Waals surface area contributed by atoms with Gasteiger partial charge in [-0.2, -0.15) is 0 Å². The van der Waals surface area contributed by atoms with E-state index < -0.39 is 0 Å². The number of aromatic hydroxyl groups is 1. The Kier molecular flexibility index (Phi) is 5.24. The van der Waals surface area contributed by atoms with Crippen LogP contribution in [0.4, 0.5) is 5.82 Å². The van der Waals surface area contributed by atoms with Gasteiger partial charge in [0.05, 0.1) is 7.11 Å². The van der Waals surface area contributed by atoms with Crippen molar-refractivity contribution in [1.29, 1.82) is 0 Å². The minimum Gasteiger partial charge on any atom is -0.507 e. The van der Waals surface area contributed by atoms with E-state index in [1.54, 1.807) is 19.2 Å². The molecule has 2 aromatic carbocycles. The lowest BCUT2D eigenvalue weighted by molar-refractivity contribution is 0.261. The van der Waals surface area contributed by atoms with Crippen LogP contribution < -0.4 is 10.1 Å². The summed E-state index contributed by atoms with van der Waals surface area (Å²) in [5, 5.41) is 25.1. The molecule has 0 aliphatic carbocycles. The number of halogens is 1. The average Bonchev–Trinajstić information content (AvgIpc) is 2.68. The highest BCUT2D eigenvalue weighted by Gasteiger charge is 2.20. The van der Waals surface area contributed by atoms with Crippen molar-refractivity contribution in [1.82, 2.24) is 15.1 Å². The van der Waals surface area contributed by atoms with Gasteiger partial charge in [-0.1, -0.05) is 11.6 Å². The van der Waals surface area contributed by atoms with Gasteiger partial charge in [0, 0.05) is 33.9 Å². The first-order chi connectivity index (χ1) is 13.5. The van der Waals surface area contributed by atoms with Crippen LogP contribution in [0.3, 0.4) is 0 Å². The van der Waals surface area contributed by atoms with Gasteiger partial charge in [0.1, 0.15) is 17.2 Å². The monoisotopic (exact) mass is 398 g/mol. The Bertz CT molecular complexity index is 1010. The van der Waals surface area contributed by atoms with Crippen molar-refractivity contribution in [3.05, 3.63) is 41.4 Å². The predicted octanol–water partition coefficient (Wildman–Crippen LogP) is 4.17. The van der Waals surface area contributed by atoms with Gasteiger partial charge in [-0.05, 0) is 62.8 Å². The molecule has 1 aromatic heterocycles. The van der Waals surface area contributed by atoms with Gasteiger partial charge >= 0.3 is 0 Å². The zero-order valence-electron chi connectivity index (χ0n) is 15.9. The Balaban J connectivity index is 1.81. The van der Waals surface area contributed by atoms with Crippen molar-refractivity contribution in [3.63, 3.8) is 0 Å². The van der Waals surface area contributed by atoms with E-state index in [1.807, 2.05) is 18.2 Å². The number of benzene rings is 2. The third-order valence-corrected chi connectivity index (χ3v) is 5.40. The van der Waals surface area contributed by atoms with Crippen LogP contribution in [-0.2, 0) is 0 Å². The Morgan fingerprint density at radius 2 is 2.04 bits per heavy atom. The number of methoxy groups -OCH3 is 1. The normalized spacial score (nSPS) is 17.6. The van der Waals surface area contributed by atoms with Crippen LogP contribution in [0.2, 0.25) is 5.02 Å². The first kappa shape index (κ1) is 18.8. The van der Waals surface area contributed by atoms with E-state index >= 15 is 0 Å². The fraction of sp³-hybridized carbons (Fsp3) is 0.333. The second kappa shape index (κ2) is 7.81. The van der Waals surface area contributed by atoms with E-state index in [1.165, 1.54) is 6.07 Å². The summed E-state index contributed by atoms with van der Waals surface area (Å²) in [7, 11) is 3.77. The minimum atomic E-state index is 0.0699. The summed E-state index contributed by atoms with van der Waals surface area (Å²) in [6.07, 6.45) is 2.26. The molecule has 0 bridgehead atoms. The summed E-state index contributed by atoms with van der Waals surface area (Å²) in [5.41, 5.74) is 1.17. The van der Waals surface area contributed by atoms with E-state index in [9.17, 15) is 5.11 Å². The molecule has 1 fully saturated rings. The van der Waals surface area contributed by atoms with E-state index in [2.05, 4.69) is 27.5 Å². The maximum absolute atomic E-state index is 10.4. The van der Waals surface area contributed by atoms with Gasteiger partial charge < -0.3 is 20.1 Å². The maximum Gasteiger partial charge on any atom is 0.156 e. The lowest BCUT2D eigenvalue weighted by Crippen LogP contribution is -2.40. The lowest BCUT2D eigenvalue weighted by Gasteiger charge is -2.30. The summed E-state index contributed by atoms with van der Waals surface area (Å²) in [6, 6.07) is 11.1. The number of piperidine rings is 1. The smallest absolute Gasteiger partial charge is 0.156 e. The number of phenols is 1. The third-order valence-electron chi connectivity index (χ3n) is 5.17. The number of likely N-dealkylation sites (tertiary alicyclic amines) is 1. The molecule has 6 nitrogen and oxygen atoms in total. The topological polar surface area (TPSA) is 70.5 Å². The highest BCUT2D eigenvalue weighted by Crippen LogP contribution is 2.37. The highest BCUT2D eigenvalue weighted by atomic mass is 35.5. The molecule has 1 aliphatic heterocycles. The second-order valence-electron chi connectivity index (χ2n) is 7.22. The molecule has 1 atom stereocenters. The summed E-state index contributed by atoms with van der Waals surface area (Å²) in [5.74, 6) is 1.54. The van der Waals surface area contributed by atoms with Gasteiger partial charge in [0.2, 0.25) is 0 Å². The molecule has 7 heteroatoms. The van der Waals surface area contributed by atoms with Gasteiger partial charge in [-0.3, -0.25) is 0 Å². The van der Waals surface area contributed by atoms with Gasteiger partial charge in [0.25, 0.3) is 0 Å². The quantitative estimate of drug-likeness (QED) is 0.687. The molecule has 146 valence electrons. The molecule has 0 radical (unpaired) electrons. The number of anilines is 1. The zero-order valence-corrected chi connectivity index (χ0v) is 16.7. The molecular weight excluding hydrogens is 376 g/mol. The molecule has 28 heavy (non-hydrogen) atoms. The molecule has 1 saturated heterocycles. The second-order valence-corrected chi connectivity index (χ2v) is 7.65. The molecule has 2 N–H and O–H groups in total. The number of aromatic nitrogens is 2. The average molecular weight is 399 g/mol. The fourth-order valence-electron chi connectivity index (χ4n) is 3.75. The van der Waals surface area contributed by atoms with Gasteiger partial charge in [-0.15, -0.1) is 10.2 Å². The van der Waals surface area contributed by atoms with Crippen molar-refractivity contribution in [2.45, 2.75) is 18.9 Å². The van der Waals surface area contributed by atoms with Crippen molar-refractivity contribution in [3.8, 4) is 22.8 Å². The van der Waals surface area contributed by atoms with Gasteiger partial charge in [-0.25, -0.2) is 0 Å². The number of rotatable bonds is 4. The highest BCUT2D eigenvalue weighted by molar-refractivity contribution is 6.30. The molecule has 0 unspecified atom stereocenters. The Morgan fingerprint density at radius 3 is 2.79 bits per heavy atom. The van der Waals surface area contributed by atoms with Crippen molar-refractivity contribution in [2.24, 2.45) is 0 Å². The molecule has 3 aromatic rings. The number of fused-ring (bicyclic) bond motifs is 1. The van der Waals surface area contributed by atoms with Crippen molar-refractivity contribution in [2.75, 3.05) is 32.6 Å². The lowest BCUT2D eigenvalue weighted by atomic mass is 10.0. The van der Waals surface area contributed by atoms with Crippen molar-refractivity contribution >= 4 is 28.2 Å². The van der Waals surface area contributed by atoms with Crippen LogP contribution in [0.25, 0.3) is 22.0 Å². The number of nitrogens with zero attached hydrogens (tertiary/aromatic N) is 3. The molecule has 1 aliphatic rings. The number of ether oxygens (including phenoxy) is 1. The van der Waals surface area contributed by atoms with Gasteiger partial charge in [0.15, 0.2) is 5.82 Å². The Hall–Kier alpha value is -2.57.